The van der Waals surface area contributed by atoms with E-state index >= 15 is 0 Å². The number of para-hydroxylation sites is 2. The van der Waals surface area contributed by atoms with Crippen molar-refractivity contribution in [3.05, 3.63) is 72.8 Å². The van der Waals surface area contributed by atoms with Crippen molar-refractivity contribution in [2.45, 2.75) is 81.6 Å². The molecule has 4 amide bonds. The Hall–Kier alpha value is -6.45. The van der Waals surface area contributed by atoms with Gasteiger partial charge in [0.25, 0.3) is 0 Å². The first kappa shape index (κ1) is 40.6. The molecular weight excluding hydrogens is 801 g/mol. The molecule has 3 atom stereocenters. The van der Waals surface area contributed by atoms with Gasteiger partial charge in [-0.2, -0.15) is 0 Å². The van der Waals surface area contributed by atoms with Crippen LogP contribution in [-0.4, -0.2) is 133 Å². The van der Waals surface area contributed by atoms with Gasteiger partial charge in [-0.15, -0.1) is 10.2 Å². The van der Waals surface area contributed by atoms with Crippen LogP contribution in [0.15, 0.2) is 72.8 Å². The molecule has 0 radical (unpaired) electrons. The number of benzene rings is 3. The number of hydrogen-bond acceptors (Lipinski definition) is 13. The number of nitrogens with zero attached hydrogens (tertiary/aromatic N) is 8. The molecule has 5 fully saturated rings. The number of nitrogens with two attached hydrogens (primary N) is 1. The van der Waals surface area contributed by atoms with Gasteiger partial charge < -0.3 is 49.7 Å². The van der Waals surface area contributed by atoms with Crippen molar-refractivity contribution in [1.82, 2.24) is 25.3 Å². The van der Waals surface area contributed by atoms with Crippen LogP contribution in [0.25, 0.3) is 11.3 Å². The van der Waals surface area contributed by atoms with E-state index in [1.165, 1.54) is 0 Å². The van der Waals surface area contributed by atoms with Crippen LogP contribution in [0.5, 0.6) is 17.2 Å². The van der Waals surface area contributed by atoms with Gasteiger partial charge in [0, 0.05) is 101 Å². The Balaban J connectivity index is 0.714. The van der Waals surface area contributed by atoms with Crippen LogP contribution >= 0.6 is 0 Å². The predicted octanol–water partition coefficient (Wildman–Crippen LogP) is 4.86. The SMILES string of the molecule is CN(C(=O)N1CCC(Oc2cccc(N3[C@@H]4CC[C@H]3CN(c3cc(-c5ccccc5O)nnc3N)C4)c2)CC1)C1CCN(c2cccc3c2OCCN3[C@H]2CCC(=O)NC2=O)CC1. The van der Waals surface area contributed by atoms with Crippen molar-refractivity contribution in [2.75, 3.05) is 84.8 Å². The van der Waals surface area contributed by atoms with E-state index in [1.807, 2.05) is 53.2 Å². The predicted molar refractivity (Wildman–Crippen MR) is 241 cm³/mol. The highest BCUT2D eigenvalue weighted by Gasteiger charge is 2.41. The molecule has 16 nitrogen and oxygen atoms in total. The van der Waals surface area contributed by atoms with Crippen LogP contribution in [0.1, 0.15) is 51.4 Å². The molecule has 0 saturated carbocycles. The zero-order chi connectivity index (χ0) is 43.2. The summed E-state index contributed by atoms with van der Waals surface area (Å²) in [6, 6.07) is 24.0. The minimum atomic E-state index is -0.394. The van der Waals surface area contributed by atoms with Crippen LogP contribution in [0, 0.1) is 0 Å². The zero-order valence-electron chi connectivity index (χ0n) is 35.8. The van der Waals surface area contributed by atoms with E-state index < -0.39 is 6.04 Å². The van der Waals surface area contributed by atoms with Gasteiger partial charge in [-0.05, 0) is 74.6 Å². The van der Waals surface area contributed by atoms with Gasteiger partial charge in [-0.1, -0.05) is 24.3 Å². The van der Waals surface area contributed by atoms with Gasteiger partial charge in [0.15, 0.2) is 11.6 Å². The lowest BCUT2D eigenvalue weighted by Crippen LogP contribution is -2.54. The molecule has 3 aromatic carbocycles. The van der Waals surface area contributed by atoms with Crippen LogP contribution in [0.2, 0.25) is 0 Å². The van der Waals surface area contributed by atoms with Crippen LogP contribution in [0.4, 0.5) is 33.4 Å². The second-order valence-electron chi connectivity index (χ2n) is 17.8. The number of anilines is 5. The van der Waals surface area contributed by atoms with Crippen molar-refractivity contribution in [1.29, 1.82) is 0 Å². The molecule has 330 valence electrons. The number of phenolic OH excluding ortho intramolecular Hbond substituents is 1. The number of imide groups is 1. The summed E-state index contributed by atoms with van der Waals surface area (Å²) in [6.07, 6.45) is 6.22. The Morgan fingerprint density at radius 1 is 0.825 bits per heavy atom. The summed E-state index contributed by atoms with van der Waals surface area (Å²) < 4.78 is 12.8. The maximum absolute atomic E-state index is 13.8. The number of carbonyl (C=O) groups is 3. The first-order valence-electron chi connectivity index (χ1n) is 22.5. The number of fused-ring (bicyclic) bond motifs is 3. The number of piperazine rings is 1. The number of aromatic hydroxyl groups is 1. The lowest BCUT2D eigenvalue weighted by molar-refractivity contribution is -0.134. The van der Waals surface area contributed by atoms with Gasteiger partial charge in [-0.3, -0.25) is 14.9 Å². The van der Waals surface area contributed by atoms with Gasteiger partial charge in [-0.25, -0.2) is 4.79 Å². The van der Waals surface area contributed by atoms with E-state index in [0.29, 0.717) is 68.2 Å². The fourth-order valence-corrected chi connectivity index (χ4v) is 10.7. The zero-order valence-corrected chi connectivity index (χ0v) is 35.8. The third-order valence-electron chi connectivity index (χ3n) is 14.0. The molecule has 7 heterocycles. The lowest BCUT2D eigenvalue weighted by Gasteiger charge is -2.43. The number of phenols is 1. The normalized spacial score (nSPS) is 23.0. The molecule has 4 N–H and O–H groups in total. The van der Waals surface area contributed by atoms with Gasteiger partial charge in [0.2, 0.25) is 11.8 Å². The third kappa shape index (κ3) is 7.95. The molecular formula is C47H56N10O6. The summed E-state index contributed by atoms with van der Waals surface area (Å²) in [4.78, 5) is 51.6. The van der Waals surface area contributed by atoms with E-state index in [-0.39, 0.29) is 35.7 Å². The molecule has 0 spiro atoms. The number of nitrogen functional groups attached to an aromatic ring is 1. The lowest BCUT2D eigenvalue weighted by atomic mass is 10.0. The molecule has 16 heteroatoms. The summed E-state index contributed by atoms with van der Waals surface area (Å²) in [5.74, 6) is 1.72. The average Bonchev–Trinajstić information content (AvgIpc) is 3.57. The highest BCUT2D eigenvalue weighted by Crippen LogP contribution is 2.43. The maximum Gasteiger partial charge on any atom is 0.319 e. The number of amides is 4. The standard InChI is InChI=1S/C47H56N10O6/c1-52(30-16-20-53(21-17-30)38-9-5-10-39-44(38)62-25-24-56(39)40-14-15-43(59)49-46(40)60)47(61)54-22-18-34(19-23-54)63-35-7-4-6-31(26-35)57-32-12-13-33(57)29-55(28-32)41-27-37(50-51-45(41)48)36-8-2-3-11-42(36)58/h2-11,26-27,30,32-34,40,58H,12-25,28-29H2,1H3,(H2,48,51)(H,49,59,60)/t32-,33+,40-/m0/s1. The van der Waals surface area contributed by atoms with Gasteiger partial charge in [0.05, 0.1) is 29.3 Å². The number of nitrogens with one attached hydrogen (secondary N) is 1. The number of ether oxygens (including phenoxy) is 2. The second kappa shape index (κ2) is 17.0. The largest absolute Gasteiger partial charge is 0.507 e. The number of carbonyl (C=O) groups excluding carboxylic acids is 3. The number of aromatic nitrogens is 2. The minimum Gasteiger partial charge on any atom is -0.507 e. The molecule has 2 bridgehead atoms. The summed E-state index contributed by atoms with van der Waals surface area (Å²) in [7, 11) is 1.94. The fraction of sp³-hybridized carbons (Fsp3) is 0.468. The van der Waals surface area contributed by atoms with Gasteiger partial charge in [0.1, 0.15) is 30.3 Å². The van der Waals surface area contributed by atoms with E-state index in [1.54, 1.807) is 12.1 Å². The van der Waals surface area contributed by atoms with Crippen LogP contribution < -0.4 is 40.1 Å². The number of urea groups is 1. The van der Waals surface area contributed by atoms with Crippen LogP contribution in [-0.2, 0) is 9.59 Å². The highest BCUT2D eigenvalue weighted by molar-refractivity contribution is 6.02. The Bertz CT molecular complexity index is 2350. The highest BCUT2D eigenvalue weighted by atomic mass is 16.5. The first-order chi connectivity index (χ1) is 30.7. The van der Waals surface area contributed by atoms with Crippen molar-refractivity contribution >= 4 is 46.4 Å². The third-order valence-corrected chi connectivity index (χ3v) is 14.0. The van der Waals surface area contributed by atoms with E-state index in [2.05, 4.69) is 59.4 Å². The first-order valence-corrected chi connectivity index (χ1v) is 22.5. The van der Waals surface area contributed by atoms with E-state index in [4.69, 9.17) is 15.2 Å². The molecule has 1 aromatic heterocycles. The van der Waals surface area contributed by atoms with E-state index in [9.17, 15) is 19.5 Å². The van der Waals surface area contributed by atoms with Crippen molar-refractivity contribution in [2.24, 2.45) is 0 Å². The average molecular weight is 857 g/mol. The fourth-order valence-electron chi connectivity index (χ4n) is 10.7. The molecule has 5 saturated heterocycles. The Labute approximate surface area is 367 Å². The number of rotatable bonds is 8. The molecule has 63 heavy (non-hydrogen) atoms. The van der Waals surface area contributed by atoms with E-state index in [0.717, 1.165) is 99.0 Å². The van der Waals surface area contributed by atoms with Crippen molar-refractivity contribution in [3.63, 3.8) is 0 Å². The van der Waals surface area contributed by atoms with Crippen molar-refractivity contribution in [3.8, 4) is 28.5 Å². The van der Waals surface area contributed by atoms with Crippen LogP contribution in [0.3, 0.4) is 0 Å². The minimum absolute atomic E-state index is 0.0248. The monoisotopic (exact) mass is 856 g/mol. The second-order valence-corrected chi connectivity index (χ2v) is 17.8. The number of hydrogen-bond donors (Lipinski definition) is 3. The van der Waals surface area contributed by atoms with Gasteiger partial charge >= 0.3 is 6.03 Å². The molecule has 10 rings (SSSR count). The summed E-state index contributed by atoms with van der Waals surface area (Å²) in [5, 5.41) is 21.5. The summed E-state index contributed by atoms with van der Waals surface area (Å²) >= 11 is 0. The molecule has 4 aromatic rings. The number of piperidine rings is 3. The Morgan fingerprint density at radius 3 is 2.33 bits per heavy atom. The molecule has 6 aliphatic rings. The summed E-state index contributed by atoms with van der Waals surface area (Å²) in [6.45, 7) is 5.52. The number of likely N-dealkylation sites (tertiary alicyclic amines) is 1. The quantitative estimate of drug-likeness (QED) is 0.206. The summed E-state index contributed by atoms with van der Waals surface area (Å²) in [5.41, 5.74) is 11.5. The smallest absolute Gasteiger partial charge is 0.319 e. The topological polar surface area (TPSA) is 173 Å². The van der Waals surface area contributed by atoms with Crippen molar-refractivity contribution < 1.29 is 29.0 Å². The maximum atomic E-state index is 13.8. The molecule has 0 unspecified atom stereocenters. The Morgan fingerprint density at radius 2 is 1.57 bits per heavy atom. The molecule has 0 aliphatic carbocycles. The molecule has 6 aliphatic heterocycles. The Kier molecular flexibility index (Phi) is 11.0.